The van der Waals surface area contributed by atoms with Gasteiger partial charge in [0.1, 0.15) is 0 Å². The molecular formula is C21H18F3N3OS. The van der Waals surface area contributed by atoms with E-state index >= 15 is 0 Å². The highest BCUT2D eigenvalue weighted by Gasteiger charge is 2.30. The van der Waals surface area contributed by atoms with Gasteiger partial charge in [-0.15, -0.1) is 11.3 Å². The zero-order valence-corrected chi connectivity index (χ0v) is 16.2. The fraction of sp³-hybridized carbons (Fsp3) is 0.238. The summed E-state index contributed by atoms with van der Waals surface area (Å²) in [5.41, 5.74) is 2.28. The molecule has 0 unspecified atom stereocenters. The Hall–Kier alpha value is -2.87. The lowest BCUT2D eigenvalue weighted by Crippen LogP contribution is -2.36. The second kappa shape index (κ2) is 7.87. The van der Waals surface area contributed by atoms with E-state index in [1.54, 1.807) is 16.3 Å². The maximum atomic E-state index is 12.9. The molecule has 3 aromatic rings. The van der Waals surface area contributed by atoms with Gasteiger partial charge in [-0.05, 0) is 42.7 Å². The summed E-state index contributed by atoms with van der Waals surface area (Å²) < 4.78 is 38.6. The predicted octanol–water partition coefficient (Wildman–Crippen LogP) is 5.43. The third kappa shape index (κ3) is 4.42. The number of hydrogen-bond donors (Lipinski definition) is 1. The van der Waals surface area contributed by atoms with Gasteiger partial charge in [-0.25, -0.2) is 4.98 Å². The molecule has 0 aliphatic carbocycles. The number of aromatic nitrogens is 1. The molecule has 0 saturated heterocycles. The van der Waals surface area contributed by atoms with E-state index in [4.69, 9.17) is 0 Å². The molecule has 0 spiro atoms. The van der Waals surface area contributed by atoms with Crippen LogP contribution in [-0.2, 0) is 23.8 Å². The molecule has 2 heterocycles. The Labute approximate surface area is 170 Å². The molecule has 8 heteroatoms. The lowest BCUT2D eigenvalue weighted by atomic mass is 10.0. The fourth-order valence-electron chi connectivity index (χ4n) is 3.39. The van der Waals surface area contributed by atoms with E-state index in [0.29, 0.717) is 23.1 Å². The molecule has 1 N–H and O–H groups in total. The number of benzene rings is 2. The number of carbonyl (C=O) groups is 1. The normalized spacial score (nSPS) is 13.8. The van der Waals surface area contributed by atoms with Gasteiger partial charge in [0.05, 0.1) is 17.7 Å². The molecule has 1 aliphatic rings. The van der Waals surface area contributed by atoms with E-state index in [0.717, 1.165) is 36.2 Å². The number of rotatable bonds is 4. The average Bonchev–Trinajstić information content (AvgIpc) is 3.13. The topological polar surface area (TPSA) is 45.2 Å². The van der Waals surface area contributed by atoms with Crippen molar-refractivity contribution in [2.45, 2.75) is 25.4 Å². The minimum atomic E-state index is -4.40. The quantitative estimate of drug-likeness (QED) is 0.616. The number of amides is 1. The SMILES string of the molecule is O=C(Cc1csc(Nc2cccc(C(F)(F)F)c2)n1)N1CCCc2ccccc21. The van der Waals surface area contributed by atoms with Crippen molar-refractivity contribution in [1.29, 1.82) is 0 Å². The zero-order chi connectivity index (χ0) is 20.4. The van der Waals surface area contributed by atoms with Crippen LogP contribution >= 0.6 is 11.3 Å². The monoisotopic (exact) mass is 417 g/mol. The summed E-state index contributed by atoms with van der Waals surface area (Å²) in [4.78, 5) is 19.0. The lowest BCUT2D eigenvalue weighted by molar-refractivity contribution is -0.137. The van der Waals surface area contributed by atoms with Crippen molar-refractivity contribution in [3.63, 3.8) is 0 Å². The Bertz CT molecular complexity index is 1030. The second-order valence-corrected chi connectivity index (χ2v) is 7.66. The first-order valence-electron chi connectivity index (χ1n) is 9.17. The van der Waals surface area contributed by atoms with Crippen LogP contribution in [0.3, 0.4) is 0 Å². The standard InChI is InChI=1S/C21H18F3N3OS/c22-21(23,24)15-7-3-8-16(11-15)25-20-26-17(13-29-20)12-19(28)27-10-4-6-14-5-1-2-9-18(14)27/h1-3,5,7-9,11,13H,4,6,10,12H2,(H,25,26). The average molecular weight is 417 g/mol. The zero-order valence-electron chi connectivity index (χ0n) is 15.4. The van der Waals surface area contributed by atoms with Crippen molar-refractivity contribution < 1.29 is 18.0 Å². The largest absolute Gasteiger partial charge is 0.416 e. The number of alkyl halides is 3. The molecule has 0 radical (unpaired) electrons. The van der Waals surface area contributed by atoms with Crippen molar-refractivity contribution in [3.05, 3.63) is 70.7 Å². The lowest BCUT2D eigenvalue weighted by Gasteiger charge is -2.29. The Morgan fingerprint density at radius 1 is 1.17 bits per heavy atom. The highest BCUT2D eigenvalue weighted by Crippen LogP contribution is 2.32. The van der Waals surface area contributed by atoms with Crippen LogP contribution in [0, 0.1) is 0 Å². The Kier molecular flexibility index (Phi) is 5.27. The van der Waals surface area contributed by atoms with E-state index in [9.17, 15) is 18.0 Å². The third-order valence-electron chi connectivity index (χ3n) is 4.74. The summed E-state index contributed by atoms with van der Waals surface area (Å²) in [6, 6.07) is 12.8. The van der Waals surface area contributed by atoms with Gasteiger partial charge in [-0.2, -0.15) is 13.2 Å². The molecule has 1 amide bonds. The van der Waals surface area contributed by atoms with Crippen LogP contribution in [0.15, 0.2) is 53.9 Å². The molecule has 0 bridgehead atoms. The van der Waals surface area contributed by atoms with E-state index in [-0.39, 0.29) is 12.3 Å². The summed E-state index contributed by atoms with van der Waals surface area (Å²) in [6.07, 6.45) is -2.37. The first-order chi connectivity index (χ1) is 13.9. The van der Waals surface area contributed by atoms with Gasteiger partial charge >= 0.3 is 6.18 Å². The van der Waals surface area contributed by atoms with Crippen molar-refractivity contribution in [3.8, 4) is 0 Å². The van der Waals surface area contributed by atoms with Crippen molar-refractivity contribution in [1.82, 2.24) is 4.98 Å². The molecule has 1 aliphatic heterocycles. The van der Waals surface area contributed by atoms with Crippen molar-refractivity contribution in [2.75, 3.05) is 16.8 Å². The first-order valence-corrected chi connectivity index (χ1v) is 10.0. The fourth-order valence-corrected chi connectivity index (χ4v) is 4.12. The van der Waals surface area contributed by atoms with Crippen LogP contribution in [0.2, 0.25) is 0 Å². The van der Waals surface area contributed by atoms with Crippen LogP contribution in [-0.4, -0.2) is 17.4 Å². The summed E-state index contributed by atoms with van der Waals surface area (Å²) in [7, 11) is 0. The Morgan fingerprint density at radius 2 is 2.00 bits per heavy atom. The molecule has 0 saturated carbocycles. The Balaban J connectivity index is 1.45. The van der Waals surface area contributed by atoms with Gasteiger partial charge in [0, 0.05) is 23.3 Å². The van der Waals surface area contributed by atoms with E-state index < -0.39 is 11.7 Å². The summed E-state index contributed by atoms with van der Waals surface area (Å²) >= 11 is 1.26. The summed E-state index contributed by atoms with van der Waals surface area (Å²) in [5, 5.41) is 5.09. The third-order valence-corrected chi connectivity index (χ3v) is 5.54. The van der Waals surface area contributed by atoms with Crippen molar-refractivity contribution in [2.24, 2.45) is 0 Å². The molecular weight excluding hydrogens is 399 g/mol. The van der Waals surface area contributed by atoms with Crippen LogP contribution in [0.25, 0.3) is 0 Å². The number of aryl methyl sites for hydroxylation is 1. The highest BCUT2D eigenvalue weighted by molar-refractivity contribution is 7.13. The van der Waals surface area contributed by atoms with Gasteiger partial charge in [0.15, 0.2) is 5.13 Å². The smallest absolute Gasteiger partial charge is 0.332 e. The molecule has 2 aromatic carbocycles. The van der Waals surface area contributed by atoms with Crippen LogP contribution < -0.4 is 10.2 Å². The van der Waals surface area contributed by atoms with Gasteiger partial charge in [-0.3, -0.25) is 4.79 Å². The molecule has 1 aromatic heterocycles. The highest BCUT2D eigenvalue weighted by atomic mass is 32.1. The number of anilines is 3. The first kappa shape index (κ1) is 19.4. The molecule has 4 nitrogen and oxygen atoms in total. The maximum Gasteiger partial charge on any atom is 0.416 e. The number of nitrogens with zero attached hydrogens (tertiary/aromatic N) is 2. The number of hydrogen-bond acceptors (Lipinski definition) is 4. The van der Waals surface area contributed by atoms with Gasteiger partial charge in [0.2, 0.25) is 5.91 Å². The van der Waals surface area contributed by atoms with Gasteiger partial charge in [-0.1, -0.05) is 24.3 Å². The minimum Gasteiger partial charge on any atom is -0.332 e. The molecule has 0 atom stereocenters. The number of fused-ring (bicyclic) bond motifs is 1. The number of thiazole rings is 1. The van der Waals surface area contributed by atoms with E-state index in [1.165, 1.54) is 17.4 Å². The molecule has 29 heavy (non-hydrogen) atoms. The number of para-hydroxylation sites is 1. The predicted molar refractivity (Wildman–Crippen MR) is 108 cm³/mol. The molecule has 150 valence electrons. The van der Waals surface area contributed by atoms with Gasteiger partial charge < -0.3 is 10.2 Å². The number of carbonyl (C=O) groups excluding carboxylic acids is 1. The van der Waals surface area contributed by atoms with Gasteiger partial charge in [0.25, 0.3) is 0 Å². The Morgan fingerprint density at radius 3 is 2.83 bits per heavy atom. The number of nitrogens with one attached hydrogen (secondary N) is 1. The van der Waals surface area contributed by atoms with Crippen LogP contribution in [0.5, 0.6) is 0 Å². The van der Waals surface area contributed by atoms with Crippen LogP contribution in [0.1, 0.15) is 23.2 Å². The van der Waals surface area contributed by atoms with E-state index in [1.807, 2.05) is 24.3 Å². The molecule has 4 rings (SSSR count). The van der Waals surface area contributed by atoms with Crippen LogP contribution in [0.4, 0.5) is 29.7 Å². The van der Waals surface area contributed by atoms with E-state index in [2.05, 4.69) is 10.3 Å². The summed E-state index contributed by atoms with van der Waals surface area (Å²) in [6.45, 7) is 0.676. The van der Waals surface area contributed by atoms with Crippen molar-refractivity contribution >= 4 is 33.8 Å². The maximum absolute atomic E-state index is 12.9. The molecule has 0 fully saturated rings. The summed E-state index contributed by atoms with van der Waals surface area (Å²) in [5.74, 6) is -0.0342. The second-order valence-electron chi connectivity index (χ2n) is 6.80. The minimum absolute atomic E-state index is 0.0342. The number of halogens is 3.